The SMILES string of the molecule is Cc1ccc(S(=O)(=O)N2CCC(C(=O)N(Cc3ccco3)c3nc4c(C)cc(C)cc4s3)CC2)cc1. The van der Waals surface area contributed by atoms with Crippen molar-refractivity contribution < 1.29 is 17.6 Å². The van der Waals surface area contributed by atoms with Crippen LogP contribution in [0.15, 0.2) is 64.1 Å². The molecule has 1 aliphatic rings. The number of carbonyl (C=O) groups is 1. The molecule has 0 aliphatic carbocycles. The molecule has 0 radical (unpaired) electrons. The zero-order valence-corrected chi connectivity index (χ0v) is 22.2. The maximum atomic E-state index is 13.8. The van der Waals surface area contributed by atoms with Gasteiger partial charge in [-0.15, -0.1) is 0 Å². The van der Waals surface area contributed by atoms with E-state index < -0.39 is 10.0 Å². The lowest BCUT2D eigenvalue weighted by Crippen LogP contribution is -2.44. The van der Waals surface area contributed by atoms with Gasteiger partial charge in [-0.1, -0.05) is 35.1 Å². The second-order valence-electron chi connectivity index (χ2n) is 9.42. The molecule has 188 valence electrons. The van der Waals surface area contributed by atoms with Crippen molar-refractivity contribution in [2.24, 2.45) is 5.92 Å². The van der Waals surface area contributed by atoms with Crippen molar-refractivity contribution in [3.8, 4) is 0 Å². The number of fused-ring (bicyclic) bond motifs is 1. The van der Waals surface area contributed by atoms with Gasteiger partial charge in [-0.2, -0.15) is 4.31 Å². The van der Waals surface area contributed by atoms with Crippen molar-refractivity contribution in [3.05, 3.63) is 77.2 Å². The number of hydrogen-bond donors (Lipinski definition) is 0. The number of sulfonamides is 1. The van der Waals surface area contributed by atoms with Crippen LogP contribution in [0.2, 0.25) is 0 Å². The number of furan rings is 1. The highest BCUT2D eigenvalue weighted by molar-refractivity contribution is 7.89. The number of aromatic nitrogens is 1. The number of thiazole rings is 1. The molecule has 2 aromatic carbocycles. The number of nitrogens with zero attached hydrogens (tertiary/aromatic N) is 3. The van der Waals surface area contributed by atoms with Crippen LogP contribution in [0.1, 0.15) is 35.3 Å². The number of amides is 1. The van der Waals surface area contributed by atoms with E-state index in [1.165, 1.54) is 15.6 Å². The fraction of sp³-hybridized carbons (Fsp3) is 0.333. The first-order valence-corrected chi connectivity index (χ1v) is 14.3. The lowest BCUT2D eigenvalue weighted by Gasteiger charge is -2.32. The fourth-order valence-corrected chi connectivity index (χ4v) is 7.31. The topological polar surface area (TPSA) is 83.7 Å². The Hall–Kier alpha value is -3.01. The van der Waals surface area contributed by atoms with Crippen LogP contribution in [0.3, 0.4) is 0 Å². The Morgan fingerprint density at radius 2 is 1.81 bits per heavy atom. The van der Waals surface area contributed by atoms with E-state index in [2.05, 4.69) is 19.1 Å². The molecular formula is C27H29N3O4S2. The third-order valence-corrected chi connectivity index (χ3v) is 9.61. The highest BCUT2D eigenvalue weighted by Gasteiger charge is 2.35. The van der Waals surface area contributed by atoms with Gasteiger partial charge in [-0.25, -0.2) is 13.4 Å². The predicted molar refractivity (Wildman–Crippen MR) is 142 cm³/mol. The van der Waals surface area contributed by atoms with E-state index in [0.29, 0.717) is 36.8 Å². The Bertz CT molecular complexity index is 1480. The van der Waals surface area contributed by atoms with E-state index in [1.54, 1.807) is 41.5 Å². The lowest BCUT2D eigenvalue weighted by molar-refractivity contribution is -0.123. The number of carbonyl (C=O) groups excluding carboxylic acids is 1. The molecule has 2 aromatic heterocycles. The molecule has 0 bridgehead atoms. The average Bonchev–Trinajstić information content (AvgIpc) is 3.52. The summed E-state index contributed by atoms with van der Waals surface area (Å²) in [5.41, 5.74) is 4.14. The molecule has 0 unspecified atom stereocenters. The van der Waals surface area contributed by atoms with Crippen LogP contribution in [0, 0.1) is 26.7 Å². The summed E-state index contributed by atoms with van der Waals surface area (Å²) in [7, 11) is -3.58. The van der Waals surface area contributed by atoms with Gasteiger partial charge in [0, 0.05) is 19.0 Å². The maximum Gasteiger partial charge on any atom is 0.243 e. The normalized spacial score (nSPS) is 15.4. The lowest BCUT2D eigenvalue weighted by atomic mass is 9.96. The first-order chi connectivity index (χ1) is 17.2. The zero-order chi connectivity index (χ0) is 25.4. The second-order valence-corrected chi connectivity index (χ2v) is 12.4. The average molecular weight is 524 g/mol. The van der Waals surface area contributed by atoms with Gasteiger partial charge in [0.1, 0.15) is 5.76 Å². The highest BCUT2D eigenvalue weighted by Crippen LogP contribution is 2.35. The number of benzene rings is 2. The molecule has 9 heteroatoms. The molecule has 1 amide bonds. The van der Waals surface area contributed by atoms with Crippen LogP contribution in [-0.2, 0) is 21.4 Å². The Morgan fingerprint density at radius 1 is 1.08 bits per heavy atom. The zero-order valence-electron chi connectivity index (χ0n) is 20.6. The number of piperidine rings is 1. The molecule has 4 aromatic rings. The molecule has 1 fully saturated rings. The van der Waals surface area contributed by atoms with Crippen LogP contribution < -0.4 is 4.90 Å². The van der Waals surface area contributed by atoms with Gasteiger partial charge in [-0.3, -0.25) is 9.69 Å². The molecule has 36 heavy (non-hydrogen) atoms. The van der Waals surface area contributed by atoms with Crippen molar-refractivity contribution >= 4 is 42.6 Å². The third kappa shape index (κ3) is 4.83. The summed E-state index contributed by atoms with van der Waals surface area (Å²) in [6.07, 6.45) is 2.52. The number of hydrogen-bond acceptors (Lipinski definition) is 6. The van der Waals surface area contributed by atoms with E-state index in [9.17, 15) is 13.2 Å². The molecule has 3 heterocycles. The number of anilines is 1. The minimum atomic E-state index is -3.58. The van der Waals surface area contributed by atoms with E-state index in [-0.39, 0.29) is 23.3 Å². The van der Waals surface area contributed by atoms with Crippen molar-refractivity contribution in [1.29, 1.82) is 0 Å². The smallest absolute Gasteiger partial charge is 0.243 e. The van der Waals surface area contributed by atoms with Gasteiger partial charge in [0.15, 0.2) is 5.13 Å². The van der Waals surface area contributed by atoms with Crippen LogP contribution in [0.5, 0.6) is 0 Å². The fourth-order valence-electron chi connectivity index (χ4n) is 4.70. The van der Waals surface area contributed by atoms with Crippen LogP contribution >= 0.6 is 11.3 Å². The summed E-state index contributed by atoms with van der Waals surface area (Å²) in [6.45, 7) is 6.90. The van der Waals surface area contributed by atoms with Crippen molar-refractivity contribution in [2.45, 2.75) is 45.1 Å². The van der Waals surface area contributed by atoms with Crippen LogP contribution in [0.4, 0.5) is 5.13 Å². The summed E-state index contributed by atoms with van der Waals surface area (Å²) < 4.78 is 34.3. The van der Waals surface area contributed by atoms with E-state index in [0.717, 1.165) is 26.9 Å². The third-order valence-electron chi connectivity index (χ3n) is 6.67. The van der Waals surface area contributed by atoms with Gasteiger partial charge >= 0.3 is 0 Å². The Balaban J connectivity index is 1.37. The number of aryl methyl sites for hydroxylation is 3. The van der Waals surface area contributed by atoms with Gasteiger partial charge in [0.25, 0.3) is 0 Å². The maximum absolute atomic E-state index is 13.8. The quantitative estimate of drug-likeness (QED) is 0.336. The predicted octanol–water partition coefficient (Wildman–Crippen LogP) is 5.45. The summed E-state index contributed by atoms with van der Waals surface area (Å²) >= 11 is 1.50. The van der Waals surface area contributed by atoms with Crippen molar-refractivity contribution in [3.63, 3.8) is 0 Å². The van der Waals surface area contributed by atoms with E-state index in [1.807, 2.05) is 19.9 Å². The summed E-state index contributed by atoms with van der Waals surface area (Å²) in [4.78, 5) is 20.6. The Labute approximate surface area is 215 Å². The van der Waals surface area contributed by atoms with Gasteiger partial charge < -0.3 is 4.42 Å². The van der Waals surface area contributed by atoms with Gasteiger partial charge in [-0.05, 0) is 75.1 Å². The second kappa shape index (κ2) is 9.80. The highest BCUT2D eigenvalue weighted by atomic mass is 32.2. The first-order valence-electron chi connectivity index (χ1n) is 12.0. The molecule has 0 spiro atoms. The summed E-state index contributed by atoms with van der Waals surface area (Å²) in [6, 6.07) is 14.7. The minimum Gasteiger partial charge on any atom is -0.467 e. The molecule has 0 N–H and O–H groups in total. The first kappa shape index (κ1) is 24.7. The molecular weight excluding hydrogens is 494 g/mol. The molecule has 1 aliphatic heterocycles. The van der Waals surface area contributed by atoms with E-state index in [4.69, 9.17) is 9.40 Å². The van der Waals surface area contributed by atoms with E-state index >= 15 is 0 Å². The Kier molecular flexibility index (Phi) is 6.72. The van der Waals surface area contributed by atoms with Gasteiger partial charge in [0.05, 0.1) is 27.9 Å². The molecule has 0 saturated carbocycles. The van der Waals surface area contributed by atoms with Crippen molar-refractivity contribution in [2.75, 3.05) is 18.0 Å². The monoisotopic (exact) mass is 523 g/mol. The molecule has 1 saturated heterocycles. The van der Waals surface area contributed by atoms with Gasteiger partial charge in [0.2, 0.25) is 15.9 Å². The molecule has 5 rings (SSSR count). The van der Waals surface area contributed by atoms with Crippen molar-refractivity contribution in [1.82, 2.24) is 9.29 Å². The van der Waals surface area contributed by atoms with Crippen LogP contribution in [-0.4, -0.2) is 36.7 Å². The minimum absolute atomic E-state index is 0.0489. The van der Waals surface area contributed by atoms with Crippen LogP contribution in [0.25, 0.3) is 10.2 Å². The Morgan fingerprint density at radius 3 is 2.47 bits per heavy atom. The standard InChI is InChI=1S/C27H29N3O4S2/c1-18-6-8-23(9-7-18)36(32,33)29-12-10-21(11-13-29)26(31)30(17-22-5-4-14-34-22)27-28-25-20(3)15-19(2)16-24(25)35-27/h4-9,14-16,21H,10-13,17H2,1-3H3. The largest absolute Gasteiger partial charge is 0.467 e. The summed E-state index contributed by atoms with van der Waals surface area (Å²) in [5.74, 6) is 0.335. The summed E-state index contributed by atoms with van der Waals surface area (Å²) in [5, 5.41) is 0.634. The number of rotatable bonds is 6. The molecule has 7 nitrogen and oxygen atoms in total. The molecule has 0 atom stereocenters.